The van der Waals surface area contributed by atoms with Gasteiger partial charge in [-0.15, -0.1) is 11.3 Å². The van der Waals surface area contributed by atoms with E-state index in [1.807, 2.05) is 0 Å². The predicted octanol–water partition coefficient (Wildman–Crippen LogP) is 1.11. The van der Waals surface area contributed by atoms with Gasteiger partial charge >= 0.3 is 0 Å². The smallest absolute Gasteiger partial charge is 0.274 e. The second kappa shape index (κ2) is 7.00. The summed E-state index contributed by atoms with van der Waals surface area (Å²) in [6.45, 7) is 4.29. The van der Waals surface area contributed by atoms with Crippen LogP contribution in [-0.4, -0.2) is 25.0 Å². The van der Waals surface area contributed by atoms with Crippen molar-refractivity contribution in [3.8, 4) is 0 Å². The summed E-state index contributed by atoms with van der Waals surface area (Å²) in [4.78, 5) is 33.3. The third kappa shape index (κ3) is 4.14. The maximum atomic E-state index is 11.5. The van der Waals surface area contributed by atoms with Crippen LogP contribution in [0, 0.1) is 0 Å². The summed E-state index contributed by atoms with van der Waals surface area (Å²) >= 11 is 1.07. The van der Waals surface area contributed by atoms with Gasteiger partial charge in [0.15, 0.2) is 0 Å². The number of carbonyl (C=O) groups excluding carboxylic acids is 2. The van der Waals surface area contributed by atoms with Gasteiger partial charge in [0.05, 0.1) is 23.0 Å². The highest BCUT2D eigenvalue weighted by Gasteiger charge is 2.13. The van der Waals surface area contributed by atoms with Crippen molar-refractivity contribution in [1.29, 1.82) is 0 Å². The molecule has 0 aliphatic rings. The zero-order valence-corrected chi connectivity index (χ0v) is 10.4. The lowest BCUT2D eigenvalue weighted by Gasteiger charge is -2.01. The van der Waals surface area contributed by atoms with Crippen LogP contribution in [0.15, 0.2) is 12.1 Å². The van der Waals surface area contributed by atoms with Crippen LogP contribution in [0.2, 0.25) is 0 Å². The first kappa shape index (κ1) is 13.6. The molecule has 6 nitrogen and oxygen atoms in total. The summed E-state index contributed by atoms with van der Waals surface area (Å²) in [5.41, 5.74) is 4.51. The van der Waals surface area contributed by atoms with Crippen LogP contribution >= 0.6 is 11.3 Å². The normalized spacial score (nSPS) is 10.0. The monoisotopic (exact) mass is 258 g/mol. The van der Waals surface area contributed by atoms with Crippen LogP contribution in [0.1, 0.15) is 33.2 Å². The number of nitrogens with one attached hydrogen (secondary N) is 2. The fraction of sp³-hybridized carbons (Fsp3) is 0.400. The standard InChI is InChI=1S/C10H14N2O4S/c1-3-15-11-9(13)7-5-6-8(17-7)10(14)12-16-4-2/h5-6H,3-4H2,1-2H3,(H,11,13)(H,12,14). The lowest BCUT2D eigenvalue weighted by Crippen LogP contribution is -2.23. The minimum atomic E-state index is -0.368. The molecule has 0 radical (unpaired) electrons. The molecule has 7 heteroatoms. The Bertz CT molecular complexity index is 357. The van der Waals surface area contributed by atoms with E-state index in [2.05, 4.69) is 11.0 Å². The first-order chi connectivity index (χ1) is 8.19. The van der Waals surface area contributed by atoms with E-state index in [-0.39, 0.29) is 11.8 Å². The molecule has 0 bridgehead atoms. The van der Waals surface area contributed by atoms with E-state index in [0.717, 1.165) is 11.3 Å². The molecule has 0 aromatic carbocycles. The van der Waals surface area contributed by atoms with Gasteiger partial charge in [0.1, 0.15) is 0 Å². The maximum Gasteiger partial charge on any atom is 0.284 e. The van der Waals surface area contributed by atoms with Crippen molar-refractivity contribution < 1.29 is 19.3 Å². The van der Waals surface area contributed by atoms with Gasteiger partial charge in [-0.25, -0.2) is 11.0 Å². The highest BCUT2D eigenvalue weighted by Crippen LogP contribution is 2.16. The second-order valence-corrected chi connectivity index (χ2v) is 3.98. The number of hydrogen-bond donors (Lipinski definition) is 2. The number of hydrogen-bond acceptors (Lipinski definition) is 5. The number of hydroxylamine groups is 2. The van der Waals surface area contributed by atoms with Crippen molar-refractivity contribution in [2.24, 2.45) is 0 Å². The molecular formula is C10H14N2O4S. The van der Waals surface area contributed by atoms with E-state index < -0.39 is 0 Å². The number of thiophene rings is 1. The summed E-state index contributed by atoms with van der Waals surface area (Å²) in [7, 11) is 0. The fourth-order valence-corrected chi connectivity index (χ4v) is 1.74. The Hall–Kier alpha value is -1.44. The van der Waals surface area contributed by atoms with Gasteiger partial charge in [0, 0.05) is 0 Å². The summed E-state index contributed by atoms with van der Waals surface area (Å²) in [6, 6.07) is 3.11. The minimum absolute atomic E-state index is 0.368. The zero-order chi connectivity index (χ0) is 12.7. The van der Waals surface area contributed by atoms with Crippen LogP contribution in [-0.2, 0) is 9.68 Å². The van der Waals surface area contributed by atoms with Crippen molar-refractivity contribution in [2.45, 2.75) is 13.8 Å². The number of carbonyl (C=O) groups is 2. The molecule has 0 saturated carbocycles. The van der Waals surface area contributed by atoms with Gasteiger partial charge in [0.25, 0.3) is 11.8 Å². The first-order valence-corrected chi connectivity index (χ1v) is 5.94. The highest BCUT2D eigenvalue weighted by molar-refractivity contribution is 7.15. The fourth-order valence-electron chi connectivity index (χ4n) is 0.958. The molecule has 0 atom stereocenters. The average molecular weight is 258 g/mol. The van der Waals surface area contributed by atoms with Gasteiger partial charge in [-0.2, -0.15) is 0 Å². The van der Waals surface area contributed by atoms with Crippen molar-refractivity contribution in [1.82, 2.24) is 11.0 Å². The summed E-state index contributed by atoms with van der Waals surface area (Å²) in [6.07, 6.45) is 0. The first-order valence-electron chi connectivity index (χ1n) is 5.13. The van der Waals surface area contributed by atoms with E-state index in [4.69, 9.17) is 9.68 Å². The third-order valence-electron chi connectivity index (χ3n) is 1.67. The average Bonchev–Trinajstić information content (AvgIpc) is 2.82. The lowest BCUT2D eigenvalue weighted by molar-refractivity contribution is 0.0368. The van der Waals surface area contributed by atoms with Gasteiger partial charge in [-0.05, 0) is 26.0 Å². The molecule has 1 rings (SSSR count). The molecule has 0 spiro atoms. The van der Waals surface area contributed by atoms with Crippen LogP contribution in [0.3, 0.4) is 0 Å². The molecule has 94 valence electrons. The quantitative estimate of drug-likeness (QED) is 0.749. The van der Waals surface area contributed by atoms with Gasteiger partial charge < -0.3 is 0 Å². The molecule has 2 amide bonds. The van der Waals surface area contributed by atoms with Crippen LogP contribution in [0.4, 0.5) is 0 Å². The summed E-state index contributed by atoms with van der Waals surface area (Å²) < 4.78 is 0. The molecule has 0 unspecified atom stereocenters. The third-order valence-corrected chi connectivity index (χ3v) is 2.75. The van der Waals surface area contributed by atoms with E-state index in [1.165, 1.54) is 0 Å². The molecule has 0 fully saturated rings. The lowest BCUT2D eigenvalue weighted by atomic mass is 10.4. The Kier molecular flexibility index (Phi) is 5.61. The van der Waals surface area contributed by atoms with E-state index in [0.29, 0.717) is 23.0 Å². The molecule has 1 aromatic rings. The molecule has 0 aliphatic heterocycles. The van der Waals surface area contributed by atoms with Crippen molar-refractivity contribution in [2.75, 3.05) is 13.2 Å². The Balaban J connectivity index is 2.58. The molecule has 17 heavy (non-hydrogen) atoms. The largest absolute Gasteiger partial charge is 0.284 e. The Morgan fingerprint density at radius 3 is 1.82 bits per heavy atom. The Labute approximate surface area is 103 Å². The van der Waals surface area contributed by atoms with Crippen molar-refractivity contribution in [3.05, 3.63) is 21.9 Å². The SMILES string of the molecule is CCONC(=O)c1ccc(C(=O)NOCC)s1. The zero-order valence-electron chi connectivity index (χ0n) is 9.61. The van der Waals surface area contributed by atoms with Gasteiger partial charge in [0.2, 0.25) is 0 Å². The summed E-state index contributed by atoms with van der Waals surface area (Å²) in [5.74, 6) is -0.736. The topological polar surface area (TPSA) is 76.7 Å². The van der Waals surface area contributed by atoms with Crippen LogP contribution < -0.4 is 11.0 Å². The van der Waals surface area contributed by atoms with Crippen molar-refractivity contribution in [3.63, 3.8) is 0 Å². The molecular weight excluding hydrogens is 244 g/mol. The Morgan fingerprint density at radius 2 is 1.47 bits per heavy atom. The van der Waals surface area contributed by atoms with Crippen LogP contribution in [0.25, 0.3) is 0 Å². The Morgan fingerprint density at radius 1 is 1.06 bits per heavy atom. The number of amides is 2. The maximum absolute atomic E-state index is 11.5. The molecule has 0 saturated heterocycles. The van der Waals surface area contributed by atoms with E-state index in [9.17, 15) is 9.59 Å². The van der Waals surface area contributed by atoms with Gasteiger partial charge in [-0.1, -0.05) is 0 Å². The van der Waals surface area contributed by atoms with E-state index in [1.54, 1.807) is 26.0 Å². The predicted molar refractivity (Wildman–Crippen MR) is 62.5 cm³/mol. The molecule has 2 N–H and O–H groups in total. The van der Waals surface area contributed by atoms with E-state index >= 15 is 0 Å². The highest BCUT2D eigenvalue weighted by atomic mass is 32.1. The summed E-state index contributed by atoms with van der Waals surface area (Å²) in [5, 5.41) is 0. The molecule has 0 aliphatic carbocycles. The second-order valence-electron chi connectivity index (χ2n) is 2.89. The minimum Gasteiger partial charge on any atom is -0.274 e. The molecule has 1 aromatic heterocycles. The number of rotatable bonds is 6. The van der Waals surface area contributed by atoms with Crippen LogP contribution in [0.5, 0.6) is 0 Å². The van der Waals surface area contributed by atoms with Gasteiger partial charge in [-0.3, -0.25) is 19.3 Å². The molecule has 1 heterocycles. The van der Waals surface area contributed by atoms with Crippen molar-refractivity contribution >= 4 is 23.2 Å².